The minimum Gasteiger partial charge on any atom is -0.462 e. The second-order valence-electron chi connectivity index (χ2n) is 10.5. The van der Waals surface area contributed by atoms with Crippen molar-refractivity contribution in [2.45, 2.75) is 51.1 Å². The zero-order valence-electron chi connectivity index (χ0n) is 21.5. The van der Waals surface area contributed by atoms with E-state index in [1.807, 2.05) is 24.7 Å². The van der Waals surface area contributed by atoms with Crippen LogP contribution in [-0.4, -0.2) is 57.2 Å². The molecule has 2 aromatic heterocycles. The largest absolute Gasteiger partial charge is 0.462 e. The molecule has 0 radical (unpaired) electrons. The number of rotatable bonds is 5. The van der Waals surface area contributed by atoms with Crippen molar-refractivity contribution in [3.8, 4) is 6.01 Å². The number of halogens is 1. The van der Waals surface area contributed by atoms with Crippen LogP contribution < -0.4 is 9.64 Å². The van der Waals surface area contributed by atoms with Crippen LogP contribution in [0.3, 0.4) is 0 Å². The summed E-state index contributed by atoms with van der Waals surface area (Å²) >= 11 is 6.66. The standard InChI is InChI=1S/C29H31ClN6O2/c1-34-10-4-7-20(34)16-38-29-32-25-13-26(22-8-2-5-19-6-3-9-24(30)27(19)22)37-17-23(25)28(33-29)35-11-12-36-18-31-14-21(36)15-35/h2-3,5-6,8-9,14,18,20,26H,4,7,10-13,15-17H2,1H3/t20-,26+/m1/s1. The summed E-state index contributed by atoms with van der Waals surface area (Å²) in [6, 6.07) is 13.2. The Morgan fingerprint density at radius 3 is 2.87 bits per heavy atom. The highest BCUT2D eigenvalue weighted by atomic mass is 35.5. The van der Waals surface area contributed by atoms with Gasteiger partial charge in [-0.3, -0.25) is 0 Å². The van der Waals surface area contributed by atoms with E-state index in [0.717, 1.165) is 71.0 Å². The third kappa shape index (κ3) is 4.30. The van der Waals surface area contributed by atoms with Crippen LogP contribution in [0.5, 0.6) is 6.01 Å². The average Bonchev–Trinajstić information content (AvgIpc) is 3.59. The minimum atomic E-state index is -0.148. The molecule has 0 unspecified atom stereocenters. The average molecular weight is 531 g/mol. The van der Waals surface area contributed by atoms with Gasteiger partial charge < -0.3 is 23.8 Å². The molecule has 0 N–H and O–H groups in total. The molecule has 8 nitrogen and oxygen atoms in total. The second kappa shape index (κ2) is 9.84. The van der Waals surface area contributed by atoms with Gasteiger partial charge in [0.2, 0.25) is 0 Å². The van der Waals surface area contributed by atoms with Gasteiger partial charge in [-0.2, -0.15) is 9.97 Å². The molecule has 1 fully saturated rings. The van der Waals surface area contributed by atoms with Crippen LogP contribution in [-0.2, 0) is 30.9 Å². The summed E-state index contributed by atoms with van der Waals surface area (Å²) in [4.78, 5) is 18.9. The molecule has 0 bridgehead atoms. The van der Waals surface area contributed by atoms with Crippen molar-refractivity contribution in [1.82, 2.24) is 24.4 Å². The molecule has 2 aromatic carbocycles. The fraction of sp³-hybridized carbons (Fsp3) is 0.414. The van der Waals surface area contributed by atoms with E-state index < -0.39 is 0 Å². The molecule has 3 aliphatic rings. The Morgan fingerprint density at radius 1 is 1.11 bits per heavy atom. The zero-order chi connectivity index (χ0) is 25.6. The number of likely N-dealkylation sites (tertiary alicyclic amines) is 1. The first-order valence-electron chi connectivity index (χ1n) is 13.4. The maximum absolute atomic E-state index is 6.66. The number of aromatic nitrogens is 4. The monoisotopic (exact) mass is 530 g/mol. The smallest absolute Gasteiger partial charge is 0.318 e. The van der Waals surface area contributed by atoms with Crippen molar-refractivity contribution >= 4 is 28.2 Å². The highest BCUT2D eigenvalue weighted by molar-refractivity contribution is 6.35. The van der Waals surface area contributed by atoms with Crippen molar-refractivity contribution < 1.29 is 9.47 Å². The normalized spacial score (nSPS) is 21.5. The summed E-state index contributed by atoms with van der Waals surface area (Å²) in [6.07, 6.45) is 6.67. The summed E-state index contributed by atoms with van der Waals surface area (Å²) in [5.74, 6) is 0.909. The van der Waals surface area contributed by atoms with Crippen molar-refractivity contribution in [1.29, 1.82) is 0 Å². The molecular formula is C29H31ClN6O2. The lowest BCUT2D eigenvalue weighted by atomic mass is 9.94. The Balaban J connectivity index is 1.24. The van der Waals surface area contributed by atoms with Crippen LogP contribution in [0.2, 0.25) is 5.02 Å². The van der Waals surface area contributed by atoms with Crippen LogP contribution in [0.15, 0.2) is 48.9 Å². The van der Waals surface area contributed by atoms with Gasteiger partial charge in [0.15, 0.2) is 0 Å². The lowest BCUT2D eigenvalue weighted by Crippen LogP contribution is -2.36. The highest BCUT2D eigenvalue weighted by Gasteiger charge is 2.31. The molecule has 2 atom stereocenters. The van der Waals surface area contributed by atoms with Crippen molar-refractivity contribution in [2.24, 2.45) is 0 Å². The van der Waals surface area contributed by atoms with Crippen LogP contribution in [0.25, 0.3) is 10.8 Å². The summed E-state index contributed by atoms with van der Waals surface area (Å²) in [6.45, 7) is 4.61. The summed E-state index contributed by atoms with van der Waals surface area (Å²) < 4.78 is 15.0. The fourth-order valence-corrected chi connectivity index (χ4v) is 6.36. The first-order valence-corrected chi connectivity index (χ1v) is 13.8. The third-order valence-electron chi connectivity index (χ3n) is 8.23. The van der Waals surface area contributed by atoms with Crippen LogP contribution >= 0.6 is 11.6 Å². The lowest BCUT2D eigenvalue weighted by Gasteiger charge is -2.33. The first-order chi connectivity index (χ1) is 18.6. The van der Waals surface area contributed by atoms with Crippen molar-refractivity contribution in [3.05, 3.63) is 76.5 Å². The van der Waals surface area contributed by atoms with Crippen LogP contribution in [0, 0.1) is 0 Å². The Bertz CT molecular complexity index is 1480. The van der Waals surface area contributed by atoms with Gasteiger partial charge in [-0.15, -0.1) is 0 Å². The number of fused-ring (bicyclic) bond motifs is 3. The quantitative estimate of drug-likeness (QED) is 0.367. The molecule has 38 heavy (non-hydrogen) atoms. The predicted molar refractivity (Wildman–Crippen MR) is 147 cm³/mol. The second-order valence-corrected chi connectivity index (χ2v) is 10.9. The number of anilines is 1. The van der Waals surface area contributed by atoms with E-state index in [4.69, 9.17) is 31.0 Å². The number of ether oxygens (including phenoxy) is 2. The molecule has 0 amide bonds. The van der Waals surface area contributed by atoms with Gasteiger partial charge in [0, 0.05) is 47.7 Å². The SMILES string of the molecule is CN1CCC[C@@H]1COc1nc2c(c(N3CCn4cncc4C3)n1)CO[C@H](c1cccc3cccc(Cl)c13)C2. The molecule has 5 heterocycles. The van der Waals surface area contributed by atoms with E-state index in [2.05, 4.69) is 50.7 Å². The van der Waals surface area contributed by atoms with Crippen molar-refractivity contribution in [2.75, 3.05) is 31.6 Å². The van der Waals surface area contributed by atoms with Gasteiger partial charge in [-0.1, -0.05) is 41.9 Å². The van der Waals surface area contributed by atoms with Crippen molar-refractivity contribution in [3.63, 3.8) is 0 Å². The highest BCUT2D eigenvalue weighted by Crippen LogP contribution is 2.39. The van der Waals surface area contributed by atoms with E-state index >= 15 is 0 Å². The molecule has 0 aliphatic carbocycles. The molecule has 7 rings (SSSR count). The van der Waals surface area contributed by atoms with Gasteiger partial charge in [-0.05, 0) is 43.5 Å². The third-order valence-corrected chi connectivity index (χ3v) is 8.54. The summed E-state index contributed by atoms with van der Waals surface area (Å²) in [5.41, 5.74) is 4.31. The number of imidazole rings is 1. The van der Waals surface area contributed by atoms with E-state index in [1.165, 1.54) is 12.1 Å². The van der Waals surface area contributed by atoms with Gasteiger partial charge in [-0.25, -0.2) is 4.98 Å². The molecular weight excluding hydrogens is 500 g/mol. The topological polar surface area (TPSA) is 68.5 Å². The summed E-state index contributed by atoms with van der Waals surface area (Å²) in [5, 5.41) is 2.90. The maximum atomic E-state index is 6.66. The van der Waals surface area contributed by atoms with E-state index in [9.17, 15) is 0 Å². The first kappa shape index (κ1) is 23.9. The number of nitrogens with zero attached hydrogens (tertiary/aromatic N) is 6. The molecule has 0 saturated carbocycles. The Labute approximate surface area is 227 Å². The predicted octanol–water partition coefficient (Wildman–Crippen LogP) is 4.79. The maximum Gasteiger partial charge on any atom is 0.318 e. The van der Waals surface area contributed by atoms with Gasteiger partial charge in [0.25, 0.3) is 0 Å². The molecule has 0 spiro atoms. The Hall–Kier alpha value is -3.20. The molecule has 196 valence electrons. The number of hydrogen-bond acceptors (Lipinski definition) is 7. The van der Waals surface area contributed by atoms with E-state index in [0.29, 0.717) is 31.7 Å². The Morgan fingerprint density at radius 2 is 2.00 bits per heavy atom. The Kier molecular flexibility index (Phi) is 6.18. The zero-order valence-corrected chi connectivity index (χ0v) is 22.3. The van der Waals surface area contributed by atoms with Crippen LogP contribution in [0.4, 0.5) is 5.82 Å². The lowest BCUT2D eigenvalue weighted by molar-refractivity contribution is 0.0265. The minimum absolute atomic E-state index is 0.148. The number of benzene rings is 2. The molecule has 4 aromatic rings. The molecule has 3 aliphatic heterocycles. The van der Waals surface area contributed by atoms with Gasteiger partial charge in [0.1, 0.15) is 12.4 Å². The molecule has 9 heteroatoms. The fourth-order valence-electron chi connectivity index (χ4n) is 6.07. The van der Waals surface area contributed by atoms with E-state index in [1.54, 1.807) is 0 Å². The summed E-state index contributed by atoms with van der Waals surface area (Å²) in [7, 11) is 2.16. The van der Waals surface area contributed by atoms with E-state index in [-0.39, 0.29) is 6.10 Å². The van der Waals surface area contributed by atoms with Gasteiger partial charge in [0.05, 0.1) is 37.0 Å². The number of likely N-dealkylation sites (N-methyl/N-ethyl adjacent to an activating group) is 1. The number of hydrogen-bond donors (Lipinski definition) is 0. The van der Waals surface area contributed by atoms with Crippen LogP contribution in [0.1, 0.15) is 41.5 Å². The van der Waals surface area contributed by atoms with Gasteiger partial charge >= 0.3 is 6.01 Å². The molecule has 1 saturated heterocycles.